The standard InChI is InChI=1S/C11H20O/c1-4-5-8-11(12)9-6-7-10(2)3/h7,9-12H,4-5,8H2,1-3H3/t6?,11-/m1/s1. The maximum Gasteiger partial charge on any atom is 0.0794 e. The third kappa shape index (κ3) is 7.59. The van der Waals surface area contributed by atoms with Crippen molar-refractivity contribution in [2.24, 2.45) is 5.92 Å². The Hall–Kier alpha value is -0.520. The normalized spacial score (nSPS) is 12.4. The van der Waals surface area contributed by atoms with E-state index in [0.29, 0.717) is 5.92 Å². The minimum absolute atomic E-state index is 0.306. The number of unbranched alkanes of at least 4 members (excludes halogenated alkanes) is 1. The van der Waals surface area contributed by atoms with Gasteiger partial charge in [-0.2, -0.15) is 0 Å². The third-order valence-electron chi connectivity index (χ3n) is 1.57. The van der Waals surface area contributed by atoms with Crippen molar-refractivity contribution in [1.29, 1.82) is 0 Å². The van der Waals surface area contributed by atoms with E-state index in [2.05, 4.69) is 26.5 Å². The molecule has 0 unspecified atom stereocenters. The smallest absolute Gasteiger partial charge is 0.0794 e. The molecular weight excluding hydrogens is 148 g/mol. The van der Waals surface area contributed by atoms with Crippen LogP contribution in [-0.4, -0.2) is 11.2 Å². The fourth-order valence-electron chi connectivity index (χ4n) is 0.856. The van der Waals surface area contributed by atoms with Gasteiger partial charge in [-0.15, -0.1) is 5.73 Å². The van der Waals surface area contributed by atoms with Gasteiger partial charge in [0.05, 0.1) is 6.10 Å². The van der Waals surface area contributed by atoms with Crippen molar-refractivity contribution >= 4 is 0 Å². The molecule has 1 N–H and O–H groups in total. The van der Waals surface area contributed by atoms with E-state index in [-0.39, 0.29) is 6.10 Å². The molecule has 0 rings (SSSR count). The van der Waals surface area contributed by atoms with Gasteiger partial charge in [0.15, 0.2) is 0 Å². The summed E-state index contributed by atoms with van der Waals surface area (Å²) < 4.78 is 0. The Morgan fingerprint density at radius 1 is 1.33 bits per heavy atom. The Bertz CT molecular complexity index is 152. The van der Waals surface area contributed by atoms with Crippen molar-refractivity contribution in [3.05, 3.63) is 17.9 Å². The lowest BCUT2D eigenvalue weighted by Crippen LogP contribution is -2.00. The molecule has 0 aliphatic carbocycles. The van der Waals surface area contributed by atoms with Gasteiger partial charge in [0.25, 0.3) is 0 Å². The SMILES string of the molecule is CCCC[C@@H](O)C=C=CC(C)C. The van der Waals surface area contributed by atoms with Crippen LogP contribution in [0.4, 0.5) is 0 Å². The predicted octanol–water partition coefficient (Wildman–Crippen LogP) is 2.90. The minimum atomic E-state index is -0.306. The Kier molecular flexibility index (Phi) is 6.84. The lowest BCUT2D eigenvalue weighted by molar-refractivity contribution is 0.209. The summed E-state index contributed by atoms with van der Waals surface area (Å²) in [6.07, 6.45) is 6.49. The summed E-state index contributed by atoms with van der Waals surface area (Å²) in [7, 11) is 0. The van der Waals surface area contributed by atoms with Crippen LogP contribution < -0.4 is 0 Å². The predicted molar refractivity (Wildman–Crippen MR) is 53.0 cm³/mol. The molecule has 12 heavy (non-hydrogen) atoms. The van der Waals surface area contributed by atoms with Crippen LogP contribution in [0.2, 0.25) is 0 Å². The highest BCUT2D eigenvalue weighted by atomic mass is 16.3. The molecule has 0 spiro atoms. The number of hydrogen-bond acceptors (Lipinski definition) is 1. The molecule has 0 saturated heterocycles. The summed E-state index contributed by atoms with van der Waals surface area (Å²) in [6, 6.07) is 0. The Morgan fingerprint density at radius 3 is 2.50 bits per heavy atom. The first-order valence-electron chi connectivity index (χ1n) is 4.77. The van der Waals surface area contributed by atoms with Gasteiger partial charge in [0, 0.05) is 0 Å². The van der Waals surface area contributed by atoms with Gasteiger partial charge in [-0.05, 0) is 24.5 Å². The van der Waals surface area contributed by atoms with Crippen molar-refractivity contribution in [1.82, 2.24) is 0 Å². The second kappa shape index (κ2) is 7.15. The van der Waals surface area contributed by atoms with Crippen molar-refractivity contribution in [2.45, 2.75) is 46.1 Å². The summed E-state index contributed by atoms with van der Waals surface area (Å²) in [5.41, 5.74) is 2.99. The number of aliphatic hydroxyl groups is 1. The second-order valence-corrected chi connectivity index (χ2v) is 3.45. The molecule has 1 atom stereocenters. The van der Waals surface area contributed by atoms with E-state index in [0.717, 1.165) is 19.3 Å². The van der Waals surface area contributed by atoms with E-state index < -0.39 is 0 Å². The van der Waals surface area contributed by atoms with Crippen molar-refractivity contribution < 1.29 is 5.11 Å². The van der Waals surface area contributed by atoms with Gasteiger partial charge in [0.1, 0.15) is 0 Å². The fourth-order valence-corrected chi connectivity index (χ4v) is 0.856. The van der Waals surface area contributed by atoms with Gasteiger partial charge in [-0.1, -0.05) is 33.6 Å². The van der Waals surface area contributed by atoms with Crippen molar-refractivity contribution in [3.8, 4) is 0 Å². The molecule has 0 bridgehead atoms. The largest absolute Gasteiger partial charge is 0.388 e. The molecule has 0 aliphatic heterocycles. The zero-order chi connectivity index (χ0) is 9.40. The van der Waals surface area contributed by atoms with Crippen LogP contribution in [0.1, 0.15) is 40.0 Å². The highest BCUT2D eigenvalue weighted by molar-refractivity contribution is 4.91. The zero-order valence-corrected chi connectivity index (χ0v) is 8.38. The van der Waals surface area contributed by atoms with Crippen LogP contribution in [0.25, 0.3) is 0 Å². The average molecular weight is 168 g/mol. The minimum Gasteiger partial charge on any atom is -0.388 e. The molecule has 0 heterocycles. The topological polar surface area (TPSA) is 20.2 Å². The molecule has 70 valence electrons. The van der Waals surface area contributed by atoms with Crippen LogP contribution >= 0.6 is 0 Å². The summed E-state index contributed by atoms with van der Waals surface area (Å²) in [5.74, 6) is 0.514. The number of hydrogen-bond donors (Lipinski definition) is 1. The van der Waals surface area contributed by atoms with Gasteiger partial charge in [-0.25, -0.2) is 0 Å². The summed E-state index contributed by atoms with van der Waals surface area (Å²) >= 11 is 0. The molecule has 1 heteroatoms. The van der Waals surface area contributed by atoms with Crippen molar-refractivity contribution in [3.63, 3.8) is 0 Å². The Morgan fingerprint density at radius 2 is 2.00 bits per heavy atom. The maximum absolute atomic E-state index is 9.36. The first kappa shape index (κ1) is 11.5. The first-order valence-corrected chi connectivity index (χ1v) is 4.77. The Labute approximate surface area is 75.8 Å². The van der Waals surface area contributed by atoms with Crippen LogP contribution in [-0.2, 0) is 0 Å². The molecule has 0 radical (unpaired) electrons. The van der Waals surface area contributed by atoms with E-state index in [9.17, 15) is 5.11 Å². The van der Waals surface area contributed by atoms with Crippen LogP contribution in [0.3, 0.4) is 0 Å². The van der Waals surface area contributed by atoms with Crippen molar-refractivity contribution in [2.75, 3.05) is 0 Å². The van der Waals surface area contributed by atoms with E-state index in [4.69, 9.17) is 0 Å². The summed E-state index contributed by atoms with van der Waals surface area (Å²) in [6.45, 7) is 6.32. The molecule has 0 saturated carbocycles. The summed E-state index contributed by atoms with van der Waals surface area (Å²) in [5, 5.41) is 9.36. The highest BCUT2D eigenvalue weighted by Crippen LogP contribution is 2.01. The van der Waals surface area contributed by atoms with Crippen LogP contribution in [0.5, 0.6) is 0 Å². The first-order chi connectivity index (χ1) is 5.66. The molecule has 0 amide bonds. The molecule has 0 aliphatic rings. The molecule has 0 aromatic carbocycles. The van der Waals surface area contributed by atoms with Crippen LogP contribution in [0, 0.1) is 5.92 Å². The number of rotatable bonds is 5. The molecule has 1 nitrogen and oxygen atoms in total. The quantitative estimate of drug-likeness (QED) is 0.626. The third-order valence-corrected chi connectivity index (χ3v) is 1.57. The average Bonchev–Trinajstić information content (AvgIpc) is 2.00. The monoisotopic (exact) mass is 168 g/mol. The van der Waals surface area contributed by atoms with Gasteiger partial charge < -0.3 is 5.11 Å². The fraction of sp³-hybridized carbons (Fsp3) is 0.727. The lowest BCUT2D eigenvalue weighted by Gasteiger charge is -2.00. The highest BCUT2D eigenvalue weighted by Gasteiger charge is 1.95. The van der Waals surface area contributed by atoms with E-state index in [1.165, 1.54) is 0 Å². The van der Waals surface area contributed by atoms with Crippen LogP contribution in [0.15, 0.2) is 17.9 Å². The number of aliphatic hydroxyl groups excluding tert-OH is 1. The molecule has 0 aromatic rings. The maximum atomic E-state index is 9.36. The van der Waals surface area contributed by atoms with E-state index in [1.807, 2.05) is 6.08 Å². The summed E-state index contributed by atoms with van der Waals surface area (Å²) in [4.78, 5) is 0. The van der Waals surface area contributed by atoms with Gasteiger partial charge in [-0.3, -0.25) is 0 Å². The van der Waals surface area contributed by atoms with E-state index in [1.54, 1.807) is 6.08 Å². The van der Waals surface area contributed by atoms with E-state index >= 15 is 0 Å². The molecular formula is C11H20O. The molecule has 0 aromatic heterocycles. The lowest BCUT2D eigenvalue weighted by atomic mass is 10.1. The Balaban J connectivity index is 3.66. The molecule has 0 fully saturated rings. The van der Waals surface area contributed by atoms with Gasteiger partial charge in [0.2, 0.25) is 0 Å². The zero-order valence-electron chi connectivity index (χ0n) is 8.38. The second-order valence-electron chi connectivity index (χ2n) is 3.45. The van der Waals surface area contributed by atoms with Gasteiger partial charge >= 0.3 is 0 Å².